The topological polar surface area (TPSA) is 86.8 Å². The van der Waals surface area contributed by atoms with Crippen LogP contribution in [0.15, 0.2) is 42.5 Å². The molecule has 192 valence electrons. The molecule has 0 unspecified atom stereocenters. The normalized spacial score (nSPS) is 12.7. The molecule has 2 amide bonds. The number of halogens is 4. The number of anilines is 1. The molecule has 0 aromatic heterocycles. The van der Waals surface area contributed by atoms with Crippen molar-refractivity contribution in [3.05, 3.63) is 64.2 Å². The number of likely N-dealkylation sites (N-methyl/N-ethyl adjacent to an activating group) is 1. The van der Waals surface area contributed by atoms with Crippen LogP contribution in [0.5, 0.6) is 0 Å². The maximum Gasteiger partial charge on any atom is 0.417 e. The van der Waals surface area contributed by atoms with Gasteiger partial charge in [-0.2, -0.15) is 13.2 Å². The molecule has 2 aromatic carbocycles. The third-order valence-corrected chi connectivity index (χ3v) is 6.76. The summed E-state index contributed by atoms with van der Waals surface area (Å²) in [6.45, 7) is 2.74. The number of aryl methyl sites for hydroxylation is 1. The first-order valence-electron chi connectivity index (χ1n) is 10.6. The van der Waals surface area contributed by atoms with Crippen LogP contribution in [0.3, 0.4) is 0 Å². The van der Waals surface area contributed by atoms with Crippen molar-refractivity contribution in [1.82, 2.24) is 10.2 Å². The van der Waals surface area contributed by atoms with Crippen molar-refractivity contribution in [2.75, 3.05) is 24.2 Å². The van der Waals surface area contributed by atoms with E-state index in [-0.39, 0.29) is 18.7 Å². The van der Waals surface area contributed by atoms with E-state index in [1.54, 1.807) is 19.1 Å². The van der Waals surface area contributed by atoms with E-state index in [0.29, 0.717) is 15.9 Å². The van der Waals surface area contributed by atoms with E-state index >= 15 is 0 Å². The molecule has 35 heavy (non-hydrogen) atoms. The number of nitrogens with zero attached hydrogens (tertiary/aromatic N) is 2. The van der Waals surface area contributed by atoms with Crippen molar-refractivity contribution in [2.24, 2.45) is 0 Å². The molecule has 0 bridgehead atoms. The van der Waals surface area contributed by atoms with Gasteiger partial charge in [0.25, 0.3) is 0 Å². The van der Waals surface area contributed by atoms with Crippen molar-refractivity contribution in [3.63, 3.8) is 0 Å². The van der Waals surface area contributed by atoms with E-state index in [1.165, 1.54) is 11.9 Å². The van der Waals surface area contributed by atoms with Gasteiger partial charge >= 0.3 is 6.18 Å². The van der Waals surface area contributed by atoms with Crippen LogP contribution in [0, 0.1) is 6.92 Å². The molecule has 0 heterocycles. The lowest BCUT2D eigenvalue weighted by Gasteiger charge is -2.32. The SMILES string of the molecule is CC[C@@H](C(=O)NC)N(Cc1cccc(C)c1)C(=O)CN(c1ccc(Cl)c(C(F)(F)F)c1)S(C)(=O)=O. The van der Waals surface area contributed by atoms with E-state index in [2.05, 4.69) is 5.32 Å². The minimum Gasteiger partial charge on any atom is -0.357 e. The zero-order valence-electron chi connectivity index (χ0n) is 19.7. The minimum absolute atomic E-state index is 0.00153. The molecule has 0 saturated carbocycles. The predicted octanol–water partition coefficient (Wildman–Crippen LogP) is 3.99. The number of hydrogen-bond acceptors (Lipinski definition) is 4. The second-order valence-corrected chi connectivity index (χ2v) is 10.3. The highest BCUT2D eigenvalue weighted by atomic mass is 35.5. The fourth-order valence-electron chi connectivity index (χ4n) is 3.59. The van der Waals surface area contributed by atoms with Gasteiger partial charge in [-0.25, -0.2) is 8.42 Å². The zero-order valence-corrected chi connectivity index (χ0v) is 21.3. The first-order valence-corrected chi connectivity index (χ1v) is 12.8. The quantitative estimate of drug-likeness (QED) is 0.528. The highest BCUT2D eigenvalue weighted by Gasteiger charge is 2.36. The number of sulfonamides is 1. The summed E-state index contributed by atoms with van der Waals surface area (Å²) < 4.78 is 65.7. The predicted molar refractivity (Wildman–Crippen MR) is 129 cm³/mol. The number of amides is 2. The summed E-state index contributed by atoms with van der Waals surface area (Å²) in [7, 11) is -2.77. The summed E-state index contributed by atoms with van der Waals surface area (Å²) >= 11 is 5.66. The maximum absolute atomic E-state index is 13.4. The van der Waals surface area contributed by atoms with E-state index < -0.39 is 51.2 Å². The van der Waals surface area contributed by atoms with Crippen LogP contribution in [0.4, 0.5) is 18.9 Å². The highest BCUT2D eigenvalue weighted by Crippen LogP contribution is 2.37. The molecule has 2 rings (SSSR count). The van der Waals surface area contributed by atoms with Gasteiger partial charge in [0.15, 0.2) is 0 Å². The molecule has 0 aliphatic rings. The molecule has 0 saturated heterocycles. The Morgan fingerprint density at radius 1 is 1.14 bits per heavy atom. The van der Waals surface area contributed by atoms with Gasteiger partial charge in [0.05, 0.1) is 22.5 Å². The Hall–Kier alpha value is -2.79. The Balaban J connectivity index is 2.51. The van der Waals surface area contributed by atoms with Crippen molar-refractivity contribution in [3.8, 4) is 0 Å². The fraction of sp³-hybridized carbons (Fsp3) is 0.391. The second-order valence-electron chi connectivity index (χ2n) is 7.98. The molecule has 0 fully saturated rings. The standard InChI is InChI=1S/C23H27ClF3N3O4S/c1-5-20(22(32)28-3)29(13-16-8-6-7-15(2)11-16)21(31)14-30(35(4,33)34)17-9-10-19(24)18(12-17)23(25,26)27/h6-12,20H,5,13-14H2,1-4H3,(H,28,32)/t20-/m0/s1. The lowest BCUT2D eigenvalue weighted by molar-refractivity contribution is -0.140. The molecule has 0 spiro atoms. The number of carbonyl (C=O) groups excluding carboxylic acids is 2. The zero-order chi connectivity index (χ0) is 26.6. The first kappa shape index (κ1) is 28.4. The molecule has 0 radical (unpaired) electrons. The summed E-state index contributed by atoms with van der Waals surface area (Å²) in [4.78, 5) is 27.2. The third kappa shape index (κ3) is 7.35. The van der Waals surface area contributed by atoms with Crippen molar-refractivity contribution >= 4 is 39.1 Å². The Morgan fingerprint density at radius 3 is 2.31 bits per heavy atom. The monoisotopic (exact) mass is 533 g/mol. The molecule has 0 aliphatic heterocycles. The van der Waals surface area contributed by atoms with E-state index in [1.807, 2.05) is 19.1 Å². The van der Waals surface area contributed by atoms with Gasteiger partial charge in [0, 0.05) is 13.6 Å². The summed E-state index contributed by atoms with van der Waals surface area (Å²) in [6, 6.07) is 8.88. The van der Waals surface area contributed by atoms with Crippen LogP contribution in [0.1, 0.15) is 30.0 Å². The highest BCUT2D eigenvalue weighted by molar-refractivity contribution is 7.92. The average Bonchev–Trinajstić information content (AvgIpc) is 2.76. The lowest BCUT2D eigenvalue weighted by atomic mass is 10.1. The van der Waals surface area contributed by atoms with Crippen LogP contribution in [0.25, 0.3) is 0 Å². The van der Waals surface area contributed by atoms with Crippen LogP contribution in [0.2, 0.25) is 5.02 Å². The fourth-order valence-corrected chi connectivity index (χ4v) is 4.66. The molecule has 1 atom stereocenters. The lowest BCUT2D eigenvalue weighted by Crippen LogP contribution is -2.51. The van der Waals surface area contributed by atoms with Crippen LogP contribution < -0.4 is 9.62 Å². The van der Waals surface area contributed by atoms with Gasteiger partial charge in [-0.3, -0.25) is 13.9 Å². The number of hydrogen-bond donors (Lipinski definition) is 1. The number of alkyl halides is 3. The smallest absolute Gasteiger partial charge is 0.357 e. The van der Waals surface area contributed by atoms with Crippen LogP contribution >= 0.6 is 11.6 Å². The van der Waals surface area contributed by atoms with Crippen molar-refractivity contribution in [2.45, 2.75) is 39.0 Å². The molecule has 12 heteroatoms. The maximum atomic E-state index is 13.4. The Kier molecular flexibility index (Phi) is 9.18. The van der Waals surface area contributed by atoms with Crippen molar-refractivity contribution in [1.29, 1.82) is 0 Å². The molecular formula is C23H27ClF3N3O4S. The first-order chi connectivity index (χ1) is 16.2. The van der Waals surface area contributed by atoms with Crippen molar-refractivity contribution < 1.29 is 31.2 Å². The molecule has 7 nitrogen and oxygen atoms in total. The van der Waals surface area contributed by atoms with Gasteiger partial charge in [-0.05, 0) is 37.1 Å². The molecule has 2 aromatic rings. The van der Waals surface area contributed by atoms with E-state index in [0.717, 1.165) is 24.0 Å². The van der Waals surface area contributed by atoms with Gasteiger partial charge in [0.2, 0.25) is 21.8 Å². The largest absolute Gasteiger partial charge is 0.417 e. The number of benzene rings is 2. The third-order valence-electron chi connectivity index (χ3n) is 5.29. The van der Waals surface area contributed by atoms with Crippen LogP contribution in [-0.2, 0) is 32.3 Å². The van der Waals surface area contributed by atoms with Gasteiger partial charge < -0.3 is 10.2 Å². The second kappa shape index (κ2) is 11.3. The number of nitrogens with one attached hydrogen (secondary N) is 1. The summed E-state index contributed by atoms with van der Waals surface area (Å²) in [5.41, 5.74) is 0.0196. The average molecular weight is 534 g/mol. The Labute approximate surface area is 207 Å². The van der Waals surface area contributed by atoms with Gasteiger partial charge in [0.1, 0.15) is 12.6 Å². The Morgan fingerprint density at radius 2 is 1.80 bits per heavy atom. The molecular weight excluding hydrogens is 507 g/mol. The molecule has 0 aliphatic carbocycles. The minimum atomic E-state index is -4.83. The molecule has 1 N–H and O–H groups in total. The van der Waals surface area contributed by atoms with Gasteiger partial charge in [-0.15, -0.1) is 0 Å². The summed E-state index contributed by atoms with van der Waals surface area (Å²) in [5.74, 6) is -1.21. The number of rotatable bonds is 9. The number of carbonyl (C=O) groups is 2. The van der Waals surface area contributed by atoms with Crippen LogP contribution in [-0.4, -0.2) is 51.0 Å². The Bertz CT molecular complexity index is 1190. The van der Waals surface area contributed by atoms with E-state index in [9.17, 15) is 31.2 Å². The summed E-state index contributed by atoms with van der Waals surface area (Å²) in [6.07, 6.45) is -3.82. The summed E-state index contributed by atoms with van der Waals surface area (Å²) in [5, 5.41) is 1.89. The van der Waals surface area contributed by atoms with E-state index in [4.69, 9.17) is 11.6 Å². The van der Waals surface area contributed by atoms with Gasteiger partial charge in [-0.1, -0.05) is 48.4 Å².